The molecule has 0 aliphatic carbocycles. The summed E-state index contributed by atoms with van der Waals surface area (Å²) < 4.78 is 0. The second kappa shape index (κ2) is 52.6. The van der Waals surface area contributed by atoms with Gasteiger partial charge in [0.1, 0.15) is 39.9 Å². The number of aliphatic carboxylic acids is 2. The quantitative estimate of drug-likeness (QED) is 0.0240. The van der Waals surface area contributed by atoms with Crippen LogP contribution in [0.1, 0.15) is 223 Å². The Kier molecular flexibility index (Phi) is 39.4. The summed E-state index contributed by atoms with van der Waals surface area (Å²) in [4.78, 5) is 169. The van der Waals surface area contributed by atoms with E-state index in [0.717, 1.165) is 34.2 Å². The second-order valence-corrected chi connectivity index (χ2v) is 33.0. The van der Waals surface area contributed by atoms with Crippen LogP contribution < -0.4 is 0 Å². The molecule has 6 bridgehead atoms. The summed E-state index contributed by atoms with van der Waals surface area (Å²) >= 11 is 0. The SMILES string of the molecule is CCC#Cc1cc(CN2CCN(CC(=O)O)Cc3cccc(n3)CN(Cc3cc(C#CCC)cc(C(=O)O)n3)CC2)nc(C(=O)O)c1.CCC#Cc1cc(CN2CCN(CC(=O)O)Cc3cccc(n3)CN(Cc3cc(C#CCC)cc(C(=O)O)n3)CC2)nc(C(=O)O)c1.O=C(O)c1cccc(CN2CCN(Cc3cccc(C(=O)O)n3)Cc3cccc(n3)CN(Cc3cccc(C(=O)O)n3)CC2)n1. The number of nitrogens with zero attached hydrogens (tertiary/aromatic N) is 19. The van der Waals surface area contributed by atoms with Gasteiger partial charge in [-0.25, -0.2) is 68.4 Å². The summed E-state index contributed by atoms with van der Waals surface area (Å²) in [7, 11) is 0. The summed E-state index contributed by atoms with van der Waals surface area (Å²) in [5.74, 6) is 14.2. The number of hydrogen-bond donors (Lipinski definition) is 9. The van der Waals surface area contributed by atoms with Crippen molar-refractivity contribution in [2.75, 3.05) is 91.6 Å². The molecule has 720 valence electrons. The fourth-order valence-corrected chi connectivity index (χ4v) is 15.5. The molecular formula is C102H109N19O18. The highest BCUT2D eigenvalue weighted by molar-refractivity contribution is 5.88. The van der Waals surface area contributed by atoms with E-state index in [1.165, 1.54) is 42.5 Å². The molecule has 0 atom stereocenters. The van der Waals surface area contributed by atoms with Gasteiger partial charge in [-0.15, -0.1) is 0 Å². The number of aromatic carboxylic acids is 7. The minimum atomic E-state index is -1.15. The van der Waals surface area contributed by atoms with Crippen LogP contribution >= 0.6 is 0 Å². The molecule has 13 heterocycles. The average molecular weight is 1890 g/mol. The van der Waals surface area contributed by atoms with Gasteiger partial charge in [-0.05, 0) is 121 Å². The fourth-order valence-electron chi connectivity index (χ4n) is 15.5. The number of hydrogen-bond acceptors (Lipinski definition) is 28. The summed E-state index contributed by atoms with van der Waals surface area (Å²) in [6.07, 6.45) is 2.50. The van der Waals surface area contributed by atoms with Crippen molar-refractivity contribution >= 4 is 53.7 Å². The molecule has 0 saturated heterocycles. The van der Waals surface area contributed by atoms with Crippen molar-refractivity contribution in [1.29, 1.82) is 0 Å². The molecule has 0 unspecified atom stereocenters. The highest BCUT2D eigenvalue weighted by atomic mass is 16.4. The largest absolute Gasteiger partial charge is 0.480 e. The third-order valence-corrected chi connectivity index (χ3v) is 21.8. The van der Waals surface area contributed by atoms with Crippen molar-refractivity contribution in [1.82, 2.24) is 93.9 Å². The van der Waals surface area contributed by atoms with Crippen LogP contribution in [0.4, 0.5) is 0 Å². The predicted molar refractivity (Wildman–Crippen MR) is 508 cm³/mol. The molecule has 37 nitrogen and oxygen atoms in total. The van der Waals surface area contributed by atoms with Crippen LogP contribution in [-0.4, -0.2) is 285 Å². The molecule has 3 aliphatic rings. The normalized spacial score (nSPS) is 14.6. The molecule has 0 radical (unpaired) electrons. The van der Waals surface area contributed by atoms with Gasteiger partial charge in [0.2, 0.25) is 0 Å². The van der Waals surface area contributed by atoms with Crippen LogP contribution in [0.15, 0.2) is 158 Å². The number of carboxylic acids is 9. The van der Waals surface area contributed by atoms with Gasteiger partial charge in [-0.1, -0.05) is 111 Å². The Labute approximate surface area is 804 Å². The van der Waals surface area contributed by atoms with Crippen molar-refractivity contribution < 1.29 is 89.1 Å². The van der Waals surface area contributed by atoms with Gasteiger partial charge >= 0.3 is 53.7 Å². The number of carboxylic acid groups (broad SMARTS) is 9. The van der Waals surface area contributed by atoms with E-state index < -0.39 is 53.7 Å². The monoisotopic (exact) mass is 1890 g/mol. The predicted octanol–water partition coefficient (Wildman–Crippen LogP) is 9.27. The van der Waals surface area contributed by atoms with E-state index in [1.807, 2.05) is 92.1 Å². The number of aromatic nitrogens is 10. The van der Waals surface area contributed by atoms with Gasteiger partial charge in [0, 0.05) is 212 Å². The first-order valence-corrected chi connectivity index (χ1v) is 45.2. The molecule has 10 aromatic heterocycles. The zero-order valence-electron chi connectivity index (χ0n) is 77.6. The lowest BCUT2D eigenvalue weighted by molar-refractivity contribution is -0.139. The fraction of sp³-hybridized carbons (Fsp3) is 0.343. The van der Waals surface area contributed by atoms with Crippen molar-refractivity contribution in [3.63, 3.8) is 0 Å². The zero-order valence-corrected chi connectivity index (χ0v) is 77.6. The average Bonchev–Trinajstić information content (AvgIpc) is 0.882. The molecule has 0 amide bonds. The van der Waals surface area contributed by atoms with E-state index in [9.17, 15) is 89.1 Å². The Bertz CT molecular complexity index is 6010. The van der Waals surface area contributed by atoms with Crippen LogP contribution in [0.2, 0.25) is 0 Å². The van der Waals surface area contributed by atoms with E-state index in [0.29, 0.717) is 251 Å². The number of fused-ring (bicyclic) bond motifs is 6. The minimum absolute atomic E-state index is 0.0172. The topological polar surface area (TPSA) is 494 Å². The van der Waals surface area contributed by atoms with Gasteiger partial charge in [-0.3, -0.25) is 68.6 Å². The molecule has 139 heavy (non-hydrogen) atoms. The molecule has 9 N–H and O–H groups in total. The van der Waals surface area contributed by atoms with Gasteiger partial charge in [0.05, 0.1) is 87.1 Å². The molecule has 0 fully saturated rings. The first-order valence-electron chi connectivity index (χ1n) is 45.2. The highest BCUT2D eigenvalue weighted by Crippen LogP contribution is 2.23. The Balaban J connectivity index is 0.000000200. The van der Waals surface area contributed by atoms with Crippen LogP contribution in [0.3, 0.4) is 0 Å². The minimum Gasteiger partial charge on any atom is -0.480 e. The smallest absolute Gasteiger partial charge is 0.354 e. The molecule has 3 aliphatic heterocycles. The molecule has 0 saturated carbocycles. The van der Waals surface area contributed by atoms with E-state index in [4.69, 9.17) is 15.0 Å². The van der Waals surface area contributed by atoms with Crippen LogP contribution in [-0.2, 0) is 94.7 Å². The Morgan fingerprint density at radius 2 is 0.417 bits per heavy atom. The van der Waals surface area contributed by atoms with E-state index in [2.05, 4.69) is 117 Å². The molecule has 37 heteroatoms. The molecule has 0 aromatic carbocycles. The van der Waals surface area contributed by atoms with Gasteiger partial charge in [0.25, 0.3) is 0 Å². The summed E-state index contributed by atoms with van der Waals surface area (Å²) in [6.45, 7) is 18.6. The van der Waals surface area contributed by atoms with Crippen molar-refractivity contribution in [2.45, 2.75) is 138 Å². The van der Waals surface area contributed by atoms with E-state index >= 15 is 0 Å². The number of rotatable bonds is 25. The van der Waals surface area contributed by atoms with Gasteiger partial charge in [0.15, 0.2) is 0 Å². The maximum Gasteiger partial charge on any atom is 0.354 e. The Hall–Kier alpha value is -15.4. The molecule has 10 aromatic rings. The first-order chi connectivity index (χ1) is 66.9. The third-order valence-electron chi connectivity index (χ3n) is 21.8. The number of pyridine rings is 10. The molecule has 13 rings (SSSR count). The van der Waals surface area contributed by atoms with Crippen molar-refractivity contribution in [3.05, 3.63) is 294 Å². The molecular weight excluding hydrogens is 1780 g/mol. The number of carbonyl (C=O) groups is 9. The lowest BCUT2D eigenvalue weighted by Crippen LogP contribution is -2.41. The zero-order chi connectivity index (χ0) is 99.3. The van der Waals surface area contributed by atoms with Crippen molar-refractivity contribution in [2.24, 2.45) is 0 Å². The molecule has 0 spiro atoms. The standard InChI is InChI=1S/2C35H38N6O6.C32H33N7O6/c2*1-3-5-8-25-16-29(37-31(18-25)34(44)45)22-39-12-14-40(23-30-17-26(9-6-4-2)19-32(38-30)35(46)47)20-27-10-7-11-28(36-27)21-41(15-13-39)24-33(42)43;40-30(41)27-10-2-7-24(34-27)17-37-13-15-38(20-25-8-3-11-28(35-25)31(42)43)18-22-5-1-6-23(33-22)19-39(16-14-37)21-26-9-4-12-29(36-26)32(44)45/h2*7,10-11,16-19H,3-4,12-15,20-24H2,1-2H3,(H,42,43)(H,44,45)(H,46,47);1-12H,13-21H2,(H,40,41)(H,42,43)(H,44,45). The van der Waals surface area contributed by atoms with Crippen LogP contribution in [0.5, 0.6) is 0 Å². The maximum absolute atomic E-state index is 11.9. The summed E-state index contributed by atoms with van der Waals surface area (Å²) in [5, 5.41) is 86.3. The maximum atomic E-state index is 11.9. The van der Waals surface area contributed by atoms with Crippen molar-refractivity contribution in [3.8, 4) is 47.4 Å². The second-order valence-electron chi connectivity index (χ2n) is 33.0. The third kappa shape index (κ3) is 34.7. The van der Waals surface area contributed by atoms with E-state index in [-0.39, 0.29) is 52.9 Å². The van der Waals surface area contributed by atoms with Gasteiger partial charge < -0.3 is 46.0 Å². The lowest BCUT2D eigenvalue weighted by atomic mass is 10.1. The first kappa shape index (κ1) is 104. The Morgan fingerprint density at radius 1 is 0.230 bits per heavy atom. The van der Waals surface area contributed by atoms with E-state index in [1.54, 1.807) is 60.7 Å². The van der Waals surface area contributed by atoms with Crippen LogP contribution in [0.25, 0.3) is 0 Å². The Morgan fingerprint density at radius 3 is 0.640 bits per heavy atom. The lowest BCUT2D eigenvalue weighted by Gasteiger charge is -2.31. The summed E-state index contributed by atoms with van der Waals surface area (Å²) in [5.41, 5.74) is 10.7. The van der Waals surface area contributed by atoms with Gasteiger partial charge in [-0.2, -0.15) is 0 Å². The van der Waals surface area contributed by atoms with Crippen LogP contribution in [0, 0.1) is 47.4 Å². The summed E-state index contributed by atoms with van der Waals surface area (Å²) in [6, 6.07) is 45.1. The highest BCUT2D eigenvalue weighted by Gasteiger charge is 2.27.